The maximum Gasteiger partial charge on any atom is 0.146 e. The van der Waals surface area contributed by atoms with Crippen LogP contribution in [0.15, 0.2) is 18.2 Å². The average molecular weight is 250 g/mol. The summed E-state index contributed by atoms with van der Waals surface area (Å²) in [5.41, 5.74) is 7.34. The van der Waals surface area contributed by atoms with Crippen LogP contribution >= 0.6 is 0 Å². The molecule has 18 heavy (non-hydrogen) atoms. The minimum atomic E-state index is -0.154. The Hall–Kier alpha value is -1.09. The summed E-state index contributed by atoms with van der Waals surface area (Å²) in [6, 6.07) is 5.58. The van der Waals surface area contributed by atoms with E-state index in [1.807, 2.05) is 19.1 Å². The molecule has 0 spiro atoms. The van der Waals surface area contributed by atoms with Gasteiger partial charge in [0.2, 0.25) is 0 Å². The fraction of sp³-hybridized carbons (Fsp3) is 0.600. The standard InChI is InChI=1S/C15H23FN2/c1-10(2)18(9-12-4-5-12)15-7-6-13(11(3)17)8-14(15)16/h6-8,10-12H,4-5,9,17H2,1-3H3. The van der Waals surface area contributed by atoms with E-state index in [1.54, 1.807) is 6.07 Å². The molecule has 1 unspecified atom stereocenters. The molecular weight excluding hydrogens is 227 g/mol. The molecule has 0 aromatic heterocycles. The maximum atomic E-state index is 14.2. The van der Waals surface area contributed by atoms with Crippen LogP contribution in [0.4, 0.5) is 10.1 Å². The van der Waals surface area contributed by atoms with E-state index in [4.69, 9.17) is 5.73 Å². The molecule has 1 aromatic rings. The van der Waals surface area contributed by atoms with Gasteiger partial charge in [-0.2, -0.15) is 0 Å². The average Bonchev–Trinajstić information content (AvgIpc) is 3.09. The molecule has 0 heterocycles. The lowest BCUT2D eigenvalue weighted by Gasteiger charge is -2.29. The Morgan fingerprint density at radius 2 is 2.00 bits per heavy atom. The molecule has 2 rings (SSSR count). The number of rotatable bonds is 5. The lowest BCUT2D eigenvalue weighted by atomic mass is 10.1. The first-order valence-electron chi connectivity index (χ1n) is 6.80. The summed E-state index contributed by atoms with van der Waals surface area (Å²) in [7, 11) is 0. The molecule has 0 aliphatic heterocycles. The number of nitrogens with zero attached hydrogens (tertiary/aromatic N) is 1. The molecule has 0 amide bonds. The molecule has 3 heteroatoms. The van der Waals surface area contributed by atoms with Crippen molar-refractivity contribution in [2.75, 3.05) is 11.4 Å². The van der Waals surface area contributed by atoms with Crippen LogP contribution < -0.4 is 10.6 Å². The van der Waals surface area contributed by atoms with Gasteiger partial charge < -0.3 is 10.6 Å². The summed E-state index contributed by atoms with van der Waals surface area (Å²) in [6.07, 6.45) is 2.56. The van der Waals surface area contributed by atoms with E-state index >= 15 is 0 Å². The van der Waals surface area contributed by atoms with E-state index in [2.05, 4.69) is 18.7 Å². The predicted molar refractivity (Wildman–Crippen MR) is 74.2 cm³/mol. The van der Waals surface area contributed by atoms with Crippen LogP contribution in [0.3, 0.4) is 0 Å². The van der Waals surface area contributed by atoms with Gasteiger partial charge in [0.1, 0.15) is 5.82 Å². The first-order valence-corrected chi connectivity index (χ1v) is 6.80. The van der Waals surface area contributed by atoms with Gasteiger partial charge in [0.15, 0.2) is 0 Å². The van der Waals surface area contributed by atoms with Crippen LogP contribution in [0.2, 0.25) is 0 Å². The molecule has 2 N–H and O–H groups in total. The Bertz CT molecular complexity index is 411. The van der Waals surface area contributed by atoms with E-state index in [0.717, 1.165) is 18.0 Å². The molecule has 100 valence electrons. The molecule has 0 saturated heterocycles. The molecule has 2 nitrogen and oxygen atoms in total. The van der Waals surface area contributed by atoms with Crippen molar-refractivity contribution in [2.45, 2.75) is 45.7 Å². The molecule has 1 fully saturated rings. The van der Waals surface area contributed by atoms with Crippen molar-refractivity contribution in [3.63, 3.8) is 0 Å². The van der Waals surface area contributed by atoms with Gasteiger partial charge in [0.05, 0.1) is 5.69 Å². The van der Waals surface area contributed by atoms with E-state index in [-0.39, 0.29) is 11.9 Å². The van der Waals surface area contributed by atoms with E-state index in [9.17, 15) is 4.39 Å². The van der Waals surface area contributed by atoms with Crippen molar-refractivity contribution in [1.82, 2.24) is 0 Å². The summed E-state index contributed by atoms with van der Waals surface area (Å²) >= 11 is 0. The number of benzene rings is 1. The third-order valence-corrected chi connectivity index (χ3v) is 3.58. The number of nitrogens with two attached hydrogens (primary N) is 1. The van der Waals surface area contributed by atoms with E-state index in [0.29, 0.717) is 11.7 Å². The molecule has 1 atom stereocenters. The number of hydrogen-bond acceptors (Lipinski definition) is 2. The topological polar surface area (TPSA) is 29.3 Å². The summed E-state index contributed by atoms with van der Waals surface area (Å²) in [4.78, 5) is 2.16. The maximum absolute atomic E-state index is 14.2. The van der Waals surface area contributed by atoms with E-state index in [1.165, 1.54) is 12.8 Å². The first kappa shape index (κ1) is 13.3. The second-order valence-corrected chi connectivity index (χ2v) is 5.69. The number of halogens is 1. The van der Waals surface area contributed by atoms with Crippen molar-refractivity contribution in [3.8, 4) is 0 Å². The predicted octanol–water partition coefficient (Wildman–Crippen LogP) is 3.47. The number of anilines is 1. The van der Waals surface area contributed by atoms with Crippen molar-refractivity contribution in [3.05, 3.63) is 29.6 Å². The highest BCUT2D eigenvalue weighted by Crippen LogP contribution is 2.33. The summed E-state index contributed by atoms with van der Waals surface area (Å²) < 4.78 is 14.2. The van der Waals surface area contributed by atoms with Crippen LogP contribution in [0.1, 0.15) is 45.2 Å². The molecule has 1 aliphatic carbocycles. The second-order valence-electron chi connectivity index (χ2n) is 5.69. The number of hydrogen-bond donors (Lipinski definition) is 1. The van der Waals surface area contributed by atoms with Gasteiger partial charge in [0, 0.05) is 18.6 Å². The van der Waals surface area contributed by atoms with Crippen LogP contribution in [0, 0.1) is 11.7 Å². The molecule has 1 aliphatic rings. The van der Waals surface area contributed by atoms with Gasteiger partial charge in [-0.15, -0.1) is 0 Å². The second kappa shape index (κ2) is 5.27. The van der Waals surface area contributed by atoms with Gasteiger partial charge in [-0.05, 0) is 57.2 Å². The Kier molecular flexibility index (Phi) is 3.91. The van der Waals surface area contributed by atoms with Crippen molar-refractivity contribution < 1.29 is 4.39 Å². The van der Waals surface area contributed by atoms with Crippen LogP contribution in [0.25, 0.3) is 0 Å². The largest absolute Gasteiger partial charge is 0.366 e. The van der Waals surface area contributed by atoms with Crippen LogP contribution in [-0.2, 0) is 0 Å². The molecular formula is C15H23FN2. The zero-order valence-electron chi connectivity index (χ0n) is 11.5. The summed E-state index contributed by atoms with van der Waals surface area (Å²) in [5, 5.41) is 0. The van der Waals surface area contributed by atoms with Crippen molar-refractivity contribution in [2.24, 2.45) is 11.7 Å². The fourth-order valence-corrected chi connectivity index (χ4v) is 2.21. The minimum absolute atomic E-state index is 0.121. The van der Waals surface area contributed by atoms with E-state index < -0.39 is 0 Å². The highest BCUT2D eigenvalue weighted by Gasteiger charge is 2.26. The Labute approximate surface area is 109 Å². The van der Waals surface area contributed by atoms with Crippen molar-refractivity contribution in [1.29, 1.82) is 0 Å². The Morgan fingerprint density at radius 1 is 1.33 bits per heavy atom. The highest BCUT2D eigenvalue weighted by atomic mass is 19.1. The zero-order valence-corrected chi connectivity index (χ0v) is 11.5. The monoisotopic (exact) mass is 250 g/mol. The highest BCUT2D eigenvalue weighted by molar-refractivity contribution is 5.50. The van der Waals surface area contributed by atoms with Gasteiger partial charge in [-0.3, -0.25) is 0 Å². The zero-order chi connectivity index (χ0) is 13.3. The van der Waals surface area contributed by atoms with Gasteiger partial charge in [-0.25, -0.2) is 4.39 Å². The van der Waals surface area contributed by atoms with Crippen LogP contribution in [0.5, 0.6) is 0 Å². The third-order valence-electron chi connectivity index (χ3n) is 3.58. The van der Waals surface area contributed by atoms with Gasteiger partial charge in [-0.1, -0.05) is 6.07 Å². The summed E-state index contributed by atoms with van der Waals surface area (Å²) in [5.74, 6) is 0.596. The summed E-state index contributed by atoms with van der Waals surface area (Å²) in [6.45, 7) is 7.06. The molecule has 0 radical (unpaired) electrons. The first-order chi connectivity index (χ1) is 8.49. The molecule has 0 bridgehead atoms. The molecule has 1 aromatic carbocycles. The minimum Gasteiger partial charge on any atom is -0.366 e. The van der Waals surface area contributed by atoms with Gasteiger partial charge >= 0.3 is 0 Å². The fourth-order valence-electron chi connectivity index (χ4n) is 2.21. The Balaban J connectivity index is 2.23. The van der Waals surface area contributed by atoms with Gasteiger partial charge in [0.25, 0.3) is 0 Å². The normalized spacial score (nSPS) is 17.0. The molecule has 1 saturated carbocycles. The lowest BCUT2D eigenvalue weighted by Crippen LogP contribution is -2.33. The Morgan fingerprint density at radius 3 is 2.44 bits per heavy atom. The van der Waals surface area contributed by atoms with Crippen molar-refractivity contribution >= 4 is 5.69 Å². The third kappa shape index (κ3) is 3.02. The quantitative estimate of drug-likeness (QED) is 0.867. The van der Waals surface area contributed by atoms with Crippen LogP contribution in [-0.4, -0.2) is 12.6 Å². The SMILES string of the molecule is CC(N)c1ccc(N(CC2CC2)C(C)C)c(F)c1. The lowest BCUT2D eigenvalue weighted by molar-refractivity contribution is 0.585. The smallest absolute Gasteiger partial charge is 0.146 e.